The van der Waals surface area contributed by atoms with E-state index in [1.807, 2.05) is 18.9 Å². The zero-order chi connectivity index (χ0) is 62.7. The molecule has 4 N–H and O–H groups in total. The Morgan fingerprint density at radius 1 is 0.235 bits per heavy atom. The molecule has 0 fully saturated rings. The summed E-state index contributed by atoms with van der Waals surface area (Å²) in [6, 6.07) is 0. The first-order valence-electron chi connectivity index (χ1n) is 34.7. The van der Waals surface area contributed by atoms with E-state index in [0.717, 1.165) is 103 Å². The number of carboxylic acids is 2. The number of unbranched alkanes of at least 4 members (excludes halogenated alkanes) is 48. The largest absolute Gasteiger partial charge is 2.00 e. The van der Waals surface area contributed by atoms with Crippen LogP contribution in [0.2, 0.25) is 0 Å². The Hall–Kier alpha value is 0.151. The fraction of sp³-hybridized carbons (Fsp3) is 0.969. The van der Waals surface area contributed by atoms with Crippen LogP contribution in [0.25, 0.3) is 0 Å². The zero-order valence-corrected chi connectivity index (χ0v) is 62.7. The van der Waals surface area contributed by atoms with Gasteiger partial charge in [0.15, 0.2) is 0 Å². The van der Waals surface area contributed by atoms with Crippen LogP contribution in [0.15, 0.2) is 0 Å². The first-order chi connectivity index (χ1) is 40.3. The van der Waals surface area contributed by atoms with Crippen molar-refractivity contribution in [3.8, 4) is 0 Å². The van der Waals surface area contributed by atoms with Crippen LogP contribution < -0.4 is 29.1 Å². The fourth-order valence-corrected chi connectivity index (χ4v) is 15.4. The molecule has 0 aromatic heterocycles. The van der Waals surface area contributed by atoms with Crippen LogP contribution in [0.3, 0.4) is 0 Å². The van der Waals surface area contributed by atoms with Gasteiger partial charge in [0.1, 0.15) is 12.3 Å². The van der Waals surface area contributed by atoms with E-state index in [9.17, 15) is 53.5 Å². The maximum atomic E-state index is 12.4. The van der Waals surface area contributed by atoms with Crippen molar-refractivity contribution in [1.29, 1.82) is 0 Å². The topological polar surface area (TPSA) is 265 Å². The number of aliphatic carboxylic acids is 2. The number of carboxylic acid groups (broad SMARTS) is 2. The third-order valence-corrected chi connectivity index (χ3v) is 21.4. The van der Waals surface area contributed by atoms with E-state index in [0.29, 0.717) is 25.7 Å². The van der Waals surface area contributed by atoms with Crippen LogP contribution in [0.5, 0.6) is 0 Å². The van der Waals surface area contributed by atoms with Crippen LogP contribution in [0, 0.1) is 0 Å². The summed E-state index contributed by atoms with van der Waals surface area (Å²) in [7, 11) is -15.8. The third kappa shape index (κ3) is 66.9. The molecule has 0 saturated heterocycles. The summed E-state index contributed by atoms with van der Waals surface area (Å²) in [4.78, 5) is 22.9. The number of rotatable bonds is 66. The normalized spacial score (nSPS) is 12.2. The van der Waals surface area contributed by atoms with E-state index in [1.165, 1.54) is 205 Å². The summed E-state index contributed by atoms with van der Waals surface area (Å²) < 4.78 is 107. The van der Waals surface area contributed by atoms with Crippen LogP contribution in [0.4, 0.5) is 0 Å². The molecule has 0 amide bonds. The molecule has 0 atom stereocenters. The molecule has 0 radical (unpaired) electrons. The number of carbonyl (C=O) groups is 2. The second-order valence-corrected chi connectivity index (χ2v) is 31.7. The van der Waals surface area contributed by atoms with Crippen molar-refractivity contribution < 1.29 is 53.5 Å². The molecule has 504 valence electrons. The molecule has 85 heavy (non-hydrogen) atoms. The molecule has 0 bridgehead atoms. The van der Waals surface area contributed by atoms with E-state index in [4.69, 9.17) is 0 Å². The molecule has 0 heterocycles. The van der Waals surface area contributed by atoms with E-state index in [2.05, 4.69) is 27.7 Å². The van der Waals surface area contributed by atoms with Gasteiger partial charge < -0.3 is 19.8 Å². The summed E-state index contributed by atoms with van der Waals surface area (Å²) in [5.41, 5.74) is 0. The Labute approximate surface area is 564 Å². The average molecular weight is 1410 g/mol. The molecule has 0 aliphatic rings. The van der Waals surface area contributed by atoms with Gasteiger partial charge in [-0.15, -0.1) is 0 Å². The van der Waals surface area contributed by atoms with E-state index in [-0.39, 0.29) is 71.9 Å². The Bertz CT molecular complexity index is 1690. The first kappa shape index (κ1) is 89.3. The summed E-state index contributed by atoms with van der Waals surface area (Å²) in [5.74, 6) is -4.58. The molecular weight excluding hydrogens is 1280 g/mol. The SMILES string of the molecule is CCCCCCCCCCCCCCCS(=O)(=O)NC(NS(=O)(=O)CCCCCCCCCCCCCCC)C(=O)[O-].CCCCCCCCCCCCCCCS(=O)(=O)NC(NS(=O)(=O)CCCCCCCCCCCCCCC)C(=O)[O-].[Ba+2]. The number of nitrogens with one attached hydrogen (secondary N) is 4. The van der Waals surface area contributed by atoms with Crippen molar-refractivity contribution in [1.82, 2.24) is 18.9 Å². The zero-order valence-electron chi connectivity index (χ0n) is 55.0. The molecule has 0 spiro atoms. The van der Waals surface area contributed by atoms with Crippen molar-refractivity contribution in [2.45, 2.75) is 374 Å². The van der Waals surface area contributed by atoms with E-state index in [1.54, 1.807) is 0 Å². The number of sulfonamides is 4. The van der Waals surface area contributed by atoms with Gasteiger partial charge >= 0.3 is 48.9 Å². The van der Waals surface area contributed by atoms with Gasteiger partial charge in [0, 0.05) is 0 Å². The molecule has 0 aromatic carbocycles. The minimum Gasteiger partial charge on any atom is -0.547 e. The number of carbonyl (C=O) groups excluding carboxylic acids is 2. The number of hydrogen-bond donors (Lipinski definition) is 4. The van der Waals surface area contributed by atoms with Crippen LogP contribution >= 0.6 is 0 Å². The number of hydrogen-bond acceptors (Lipinski definition) is 12. The quantitative estimate of drug-likeness (QED) is 0.0252. The van der Waals surface area contributed by atoms with Crippen molar-refractivity contribution in [3.05, 3.63) is 0 Å². The van der Waals surface area contributed by atoms with E-state index >= 15 is 0 Å². The van der Waals surface area contributed by atoms with Crippen LogP contribution in [0.1, 0.15) is 362 Å². The van der Waals surface area contributed by atoms with Crippen molar-refractivity contribution >= 4 is 101 Å². The first-order valence-corrected chi connectivity index (χ1v) is 41.3. The molecule has 0 aliphatic heterocycles. The van der Waals surface area contributed by atoms with Gasteiger partial charge in [-0.3, -0.25) is 0 Å². The summed E-state index contributed by atoms with van der Waals surface area (Å²) in [6.45, 7) is 8.90. The molecule has 0 rings (SSSR count). The van der Waals surface area contributed by atoms with Gasteiger partial charge in [-0.1, -0.05) is 336 Å². The maximum Gasteiger partial charge on any atom is 2.00 e. The predicted octanol–water partition coefficient (Wildman–Crippen LogP) is 13.8. The minimum atomic E-state index is -3.96. The molecule has 0 saturated carbocycles. The fourth-order valence-electron chi connectivity index (χ4n) is 10.4. The molecule has 0 aliphatic carbocycles. The Morgan fingerprint density at radius 3 is 0.447 bits per heavy atom. The minimum absolute atomic E-state index is 0. The van der Waals surface area contributed by atoms with Crippen molar-refractivity contribution in [3.63, 3.8) is 0 Å². The van der Waals surface area contributed by atoms with Gasteiger partial charge in [-0.25, -0.2) is 33.7 Å². The van der Waals surface area contributed by atoms with Crippen LogP contribution in [-0.2, 0) is 49.7 Å². The summed E-state index contributed by atoms with van der Waals surface area (Å²) >= 11 is 0. The standard InChI is InChI=1S/2C32H66N2O6S2.Ba/c2*1-3-5-7-9-11-13-15-17-19-21-23-25-27-29-41(37,38)33-31(32(35)36)34-42(39,40)30-28-26-24-22-20-18-16-14-12-10-8-6-4-2;/h2*31,33-34H,3-30H2,1-2H3,(H,35,36);/q;;+2/p-2. The predicted molar refractivity (Wildman–Crippen MR) is 354 cm³/mol. The second-order valence-electron chi connectivity index (χ2n) is 24.2. The average Bonchev–Trinajstić information content (AvgIpc) is 3.62. The Kier molecular flexibility index (Phi) is 66.2. The van der Waals surface area contributed by atoms with Gasteiger partial charge in [0.25, 0.3) is 0 Å². The molecule has 16 nitrogen and oxygen atoms in total. The second kappa shape index (κ2) is 62.9. The van der Waals surface area contributed by atoms with Gasteiger partial charge in [-0.05, 0) is 25.7 Å². The molecular formula is C64H130BaN4O12S4. The summed E-state index contributed by atoms with van der Waals surface area (Å²) in [6.07, 6.45) is 54.4. The van der Waals surface area contributed by atoms with Gasteiger partial charge in [0.2, 0.25) is 40.1 Å². The van der Waals surface area contributed by atoms with Gasteiger partial charge in [0.05, 0.1) is 35.0 Å². The summed E-state index contributed by atoms with van der Waals surface area (Å²) in [5, 5.41) is 22.9. The van der Waals surface area contributed by atoms with Gasteiger partial charge in [-0.2, -0.15) is 18.9 Å². The third-order valence-electron chi connectivity index (χ3n) is 15.7. The monoisotopic (exact) mass is 1410 g/mol. The maximum absolute atomic E-state index is 12.4. The smallest absolute Gasteiger partial charge is 0.547 e. The van der Waals surface area contributed by atoms with Crippen molar-refractivity contribution in [2.75, 3.05) is 23.0 Å². The van der Waals surface area contributed by atoms with Crippen LogP contribution in [-0.4, -0.2) is 130 Å². The molecule has 21 heteroatoms. The Balaban J connectivity index is -0.00000156. The van der Waals surface area contributed by atoms with E-state index < -0.39 is 64.4 Å². The molecule has 0 aromatic rings. The Morgan fingerprint density at radius 2 is 0.341 bits per heavy atom. The van der Waals surface area contributed by atoms with Crippen molar-refractivity contribution in [2.24, 2.45) is 0 Å². The molecule has 0 unspecified atom stereocenters.